The summed E-state index contributed by atoms with van der Waals surface area (Å²) >= 11 is 0. The zero-order valence-corrected chi connectivity index (χ0v) is 15.3. The summed E-state index contributed by atoms with van der Waals surface area (Å²) < 4.78 is 45.5. The summed E-state index contributed by atoms with van der Waals surface area (Å²) in [6.07, 6.45) is -3.22. The number of anilines is 2. The van der Waals surface area contributed by atoms with Crippen molar-refractivity contribution in [3.05, 3.63) is 23.8 Å². The van der Waals surface area contributed by atoms with E-state index < -0.39 is 29.5 Å². The molecule has 5 nitrogen and oxygen atoms in total. The monoisotopic (exact) mass is 373 g/mol. The molecule has 1 unspecified atom stereocenters. The number of ether oxygens (including phenoxy) is 1. The number of nitrogens with zero attached hydrogens (tertiary/aromatic N) is 1. The maximum absolute atomic E-state index is 13.3. The number of amides is 1. The minimum atomic E-state index is -4.57. The van der Waals surface area contributed by atoms with Crippen molar-refractivity contribution < 1.29 is 22.7 Å². The molecule has 1 saturated heterocycles. The Morgan fingerprint density at radius 2 is 1.81 bits per heavy atom. The van der Waals surface area contributed by atoms with Crippen LogP contribution in [-0.2, 0) is 10.9 Å². The molecule has 1 aromatic carbocycles. The van der Waals surface area contributed by atoms with E-state index in [0.717, 1.165) is 25.3 Å². The third-order valence-corrected chi connectivity index (χ3v) is 4.30. The molecular weight excluding hydrogens is 347 g/mol. The van der Waals surface area contributed by atoms with Crippen molar-refractivity contribution in [1.82, 2.24) is 4.90 Å². The van der Waals surface area contributed by atoms with Gasteiger partial charge in [0.25, 0.3) is 0 Å². The molecule has 1 aliphatic rings. The Morgan fingerprint density at radius 1 is 1.19 bits per heavy atom. The fraction of sp³-hybridized carbons (Fsp3) is 0.611. The number of para-hydroxylation sites is 1. The Balaban J connectivity index is 2.25. The number of halogens is 3. The highest BCUT2D eigenvalue weighted by molar-refractivity contribution is 5.72. The minimum absolute atomic E-state index is 0.0527. The van der Waals surface area contributed by atoms with Gasteiger partial charge in [0.2, 0.25) is 0 Å². The Bertz CT molecular complexity index is 636. The highest BCUT2D eigenvalue weighted by Gasteiger charge is 2.37. The number of carbonyl (C=O) groups excluding carboxylic acids is 1. The van der Waals surface area contributed by atoms with E-state index in [-0.39, 0.29) is 11.4 Å². The number of nitrogen functional groups attached to an aromatic ring is 1. The van der Waals surface area contributed by atoms with Crippen LogP contribution in [0.25, 0.3) is 0 Å². The molecule has 1 fully saturated rings. The normalized spacial score (nSPS) is 16.9. The summed E-state index contributed by atoms with van der Waals surface area (Å²) in [5.74, 6) is 0. The molecule has 1 aliphatic heterocycles. The predicted molar refractivity (Wildman–Crippen MR) is 94.6 cm³/mol. The first-order valence-electron chi connectivity index (χ1n) is 8.68. The first-order chi connectivity index (χ1) is 12.0. The van der Waals surface area contributed by atoms with Gasteiger partial charge in [-0.15, -0.1) is 0 Å². The molecule has 0 aliphatic carbocycles. The summed E-state index contributed by atoms with van der Waals surface area (Å²) in [6.45, 7) is 6.52. The van der Waals surface area contributed by atoms with E-state index in [2.05, 4.69) is 5.32 Å². The average Bonchev–Trinajstić information content (AvgIpc) is 2.54. The van der Waals surface area contributed by atoms with Crippen LogP contribution in [0, 0.1) is 5.41 Å². The van der Waals surface area contributed by atoms with Crippen LogP contribution in [0.1, 0.15) is 45.6 Å². The van der Waals surface area contributed by atoms with E-state index >= 15 is 0 Å². The van der Waals surface area contributed by atoms with Crippen LogP contribution >= 0.6 is 0 Å². The molecule has 0 aromatic heterocycles. The molecule has 1 atom stereocenters. The topological polar surface area (TPSA) is 67.6 Å². The highest BCUT2D eigenvalue weighted by Crippen LogP contribution is 2.39. The number of alkyl halides is 3. The Labute approximate surface area is 151 Å². The smallest absolute Gasteiger partial charge is 0.418 e. The maximum Gasteiger partial charge on any atom is 0.418 e. The van der Waals surface area contributed by atoms with Crippen molar-refractivity contribution in [3.8, 4) is 0 Å². The zero-order chi connectivity index (χ0) is 19.5. The number of likely N-dealkylation sites (tertiary alicyclic amines) is 1. The molecule has 1 heterocycles. The summed E-state index contributed by atoms with van der Waals surface area (Å²) in [6, 6.07) is 3.57. The fourth-order valence-corrected chi connectivity index (χ4v) is 2.77. The third kappa shape index (κ3) is 4.95. The molecule has 26 heavy (non-hydrogen) atoms. The number of rotatable bonds is 3. The van der Waals surface area contributed by atoms with Crippen LogP contribution in [0.3, 0.4) is 0 Å². The van der Waals surface area contributed by atoms with Gasteiger partial charge in [-0.1, -0.05) is 26.8 Å². The molecule has 1 aromatic rings. The SMILES string of the molecule is CC(C)(C)C(Nc1c(N)cccc1C(F)(F)F)OC(=O)N1CCCCC1. The van der Waals surface area contributed by atoms with Crippen molar-refractivity contribution in [2.45, 2.75) is 52.4 Å². The molecule has 1 amide bonds. The second kappa shape index (κ2) is 7.63. The average molecular weight is 373 g/mol. The largest absolute Gasteiger partial charge is 0.425 e. The molecule has 2 rings (SSSR count). The molecule has 3 N–H and O–H groups in total. The van der Waals surface area contributed by atoms with Gasteiger partial charge in [-0.2, -0.15) is 13.2 Å². The lowest BCUT2D eigenvalue weighted by Crippen LogP contribution is -2.44. The molecule has 0 radical (unpaired) electrons. The number of hydrogen-bond acceptors (Lipinski definition) is 4. The predicted octanol–water partition coefficient (Wildman–Crippen LogP) is 4.69. The van der Waals surface area contributed by atoms with Gasteiger partial charge in [-0.3, -0.25) is 0 Å². The first kappa shape index (κ1) is 20.2. The van der Waals surface area contributed by atoms with Gasteiger partial charge >= 0.3 is 12.3 Å². The first-order valence-corrected chi connectivity index (χ1v) is 8.68. The van der Waals surface area contributed by atoms with Crippen LogP contribution < -0.4 is 11.1 Å². The van der Waals surface area contributed by atoms with E-state index in [4.69, 9.17) is 10.5 Å². The van der Waals surface area contributed by atoms with Gasteiger partial charge in [0.05, 0.1) is 16.9 Å². The van der Waals surface area contributed by atoms with Crippen LogP contribution in [-0.4, -0.2) is 30.3 Å². The summed E-state index contributed by atoms with van der Waals surface area (Å²) in [4.78, 5) is 14.0. The second-order valence-corrected chi connectivity index (χ2v) is 7.59. The van der Waals surface area contributed by atoms with Gasteiger partial charge in [-0.25, -0.2) is 4.79 Å². The van der Waals surface area contributed by atoms with E-state index in [1.54, 1.807) is 25.7 Å². The van der Waals surface area contributed by atoms with Gasteiger partial charge < -0.3 is 20.7 Å². The second-order valence-electron chi connectivity index (χ2n) is 7.59. The summed E-state index contributed by atoms with van der Waals surface area (Å²) in [5, 5.41) is 2.72. The fourth-order valence-electron chi connectivity index (χ4n) is 2.77. The summed E-state index contributed by atoms with van der Waals surface area (Å²) in [5.41, 5.74) is 3.91. The van der Waals surface area contributed by atoms with Gasteiger partial charge in [-0.05, 0) is 31.4 Å². The number of piperidine rings is 1. The van der Waals surface area contributed by atoms with E-state index in [9.17, 15) is 18.0 Å². The van der Waals surface area contributed by atoms with Crippen LogP contribution in [0.15, 0.2) is 18.2 Å². The van der Waals surface area contributed by atoms with E-state index in [1.807, 2.05) is 0 Å². The Hall–Kier alpha value is -2.12. The Kier molecular flexibility index (Phi) is 5.93. The van der Waals surface area contributed by atoms with Gasteiger partial charge in [0.1, 0.15) is 0 Å². The minimum Gasteiger partial charge on any atom is -0.425 e. The number of nitrogens with one attached hydrogen (secondary N) is 1. The number of nitrogens with two attached hydrogens (primary N) is 1. The molecule has 0 bridgehead atoms. The number of benzene rings is 1. The number of carbonyl (C=O) groups is 1. The van der Waals surface area contributed by atoms with Crippen molar-refractivity contribution in [1.29, 1.82) is 0 Å². The molecule has 146 valence electrons. The van der Waals surface area contributed by atoms with Crippen LogP contribution in [0.2, 0.25) is 0 Å². The van der Waals surface area contributed by atoms with Gasteiger partial charge in [0, 0.05) is 18.5 Å². The van der Waals surface area contributed by atoms with Crippen LogP contribution in [0.4, 0.5) is 29.3 Å². The zero-order valence-electron chi connectivity index (χ0n) is 15.3. The lowest BCUT2D eigenvalue weighted by Gasteiger charge is -2.35. The summed E-state index contributed by atoms with van der Waals surface area (Å²) in [7, 11) is 0. The van der Waals surface area contributed by atoms with Crippen molar-refractivity contribution in [3.63, 3.8) is 0 Å². The van der Waals surface area contributed by atoms with E-state index in [1.165, 1.54) is 12.1 Å². The van der Waals surface area contributed by atoms with Crippen molar-refractivity contribution in [2.24, 2.45) is 5.41 Å². The van der Waals surface area contributed by atoms with Gasteiger partial charge in [0.15, 0.2) is 6.23 Å². The van der Waals surface area contributed by atoms with Crippen LogP contribution in [0.5, 0.6) is 0 Å². The lowest BCUT2D eigenvalue weighted by atomic mass is 9.93. The molecular formula is C18H26F3N3O2. The molecule has 0 spiro atoms. The highest BCUT2D eigenvalue weighted by atomic mass is 19.4. The molecule has 0 saturated carbocycles. The third-order valence-electron chi connectivity index (χ3n) is 4.30. The molecule has 8 heteroatoms. The van der Waals surface area contributed by atoms with Crippen molar-refractivity contribution in [2.75, 3.05) is 24.1 Å². The quantitative estimate of drug-likeness (QED) is 0.596. The number of hydrogen-bond donors (Lipinski definition) is 2. The Morgan fingerprint density at radius 3 is 2.35 bits per heavy atom. The lowest BCUT2D eigenvalue weighted by molar-refractivity contribution is -0.137. The van der Waals surface area contributed by atoms with E-state index in [0.29, 0.717) is 13.1 Å². The maximum atomic E-state index is 13.3. The standard InChI is InChI=1S/C18H26F3N3O2/c1-17(2,3)15(26-16(25)24-10-5-4-6-11-24)23-14-12(18(19,20)21)8-7-9-13(14)22/h7-9,15,23H,4-6,10-11,22H2,1-3H3. The van der Waals surface area contributed by atoms with Crippen molar-refractivity contribution >= 4 is 17.5 Å².